The zero-order valence-electron chi connectivity index (χ0n) is 13.1. The number of methoxy groups -OCH3 is 1. The van der Waals surface area contributed by atoms with Crippen LogP contribution in [0.2, 0.25) is 0 Å². The first-order valence-corrected chi connectivity index (χ1v) is 7.68. The maximum Gasteiger partial charge on any atom is 0.365 e. The maximum atomic E-state index is 11.0. The molecule has 1 unspecified atom stereocenters. The summed E-state index contributed by atoms with van der Waals surface area (Å²) in [5.41, 5.74) is 0.535. The lowest BCUT2D eigenvalue weighted by molar-refractivity contribution is -0.333. The molecule has 1 aromatic heterocycles. The van der Waals surface area contributed by atoms with Gasteiger partial charge in [-0.05, 0) is 20.8 Å². The largest absolute Gasteiger partial charge is 0.476 e. The third kappa shape index (κ3) is 3.60. The van der Waals surface area contributed by atoms with Crippen LogP contribution in [0.4, 0.5) is 0 Å². The second-order valence-electron chi connectivity index (χ2n) is 6.18. The summed E-state index contributed by atoms with van der Waals surface area (Å²) in [6.45, 7) is 9.14. The van der Waals surface area contributed by atoms with Crippen molar-refractivity contribution in [3.63, 3.8) is 0 Å². The van der Waals surface area contributed by atoms with Gasteiger partial charge in [0.05, 0.1) is 11.3 Å². The van der Waals surface area contributed by atoms with Crippen LogP contribution < -0.4 is 0 Å². The molecule has 0 fully saturated rings. The number of aromatic nitrogens is 1. The van der Waals surface area contributed by atoms with Crippen molar-refractivity contribution in [2.45, 2.75) is 52.2 Å². The molecule has 6 nitrogen and oxygen atoms in total. The second-order valence-corrected chi connectivity index (χ2v) is 7.27. The number of rotatable bonds is 4. The molecule has 118 valence electrons. The first-order chi connectivity index (χ1) is 9.64. The molecule has 1 aromatic rings. The van der Waals surface area contributed by atoms with Gasteiger partial charge in [-0.25, -0.2) is 14.7 Å². The van der Waals surface area contributed by atoms with Crippen LogP contribution in [-0.2, 0) is 22.4 Å². The van der Waals surface area contributed by atoms with Gasteiger partial charge in [0.15, 0.2) is 0 Å². The van der Waals surface area contributed by atoms with E-state index < -0.39 is 11.9 Å². The normalized spacial score (nSPS) is 19.1. The average molecular weight is 314 g/mol. The van der Waals surface area contributed by atoms with Crippen LogP contribution in [0.3, 0.4) is 0 Å². The van der Waals surface area contributed by atoms with Crippen molar-refractivity contribution in [1.29, 1.82) is 0 Å². The summed E-state index contributed by atoms with van der Waals surface area (Å²) in [5.74, 6) is -1.81. The number of carboxylic acids is 1. The minimum Gasteiger partial charge on any atom is -0.476 e. The molecule has 1 aliphatic rings. The lowest BCUT2D eigenvalue weighted by Crippen LogP contribution is -2.54. The molecule has 21 heavy (non-hydrogen) atoms. The van der Waals surface area contributed by atoms with Gasteiger partial charge in [-0.15, -0.1) is 11.3 Å². The summed E-state index contributed by atoms with van der Waals surface area (Å²) in [6, 6.07) is 0. The van der Waals surface area contributed by atoms with E-state index in [1.165, 1.54) is 11.3 Å². The van der Waals surface area contributed by atoms with E-state index in [9.17, 15) is 4.79 Å². The topological polar surface area (TPSA) is 71.9 Å². The van der Waals surface area contributed by atoms with Crippen molar-refractivity contribution in [2.75, 3.05) is 13.7 Å². The van der Waals surface area contributed by atoms with E-state index in [0.717, 1.165) is 17.1 Å². The van der Waals surface area contributed by atoms with Gasteiger partial charge in [0, 0.05) is 38.4 Å². The van der Waals surface area contributed by atoms with Crippen molar-refractivity contribution in [3.8, 4) is 0 Å². The van der Waals surface area contributed by atoms with Crippen LogP contribution in [0.1, 0.15) is 48.1 Å². The Morgan fingerprint density at radius 3 is 2.57 bits per heavy atom. The molecule has 1 atom stereocenters. The smallest absolute Gasteiger partial charge is 0.365 e. The lowest BCUT2D eigenvalue weighted by atomic mass is 10.1. The number of ether oxygens (including phenoxy) is 2. The van der Waals surface area contributed by atoms with Gasteiger partial charge >= 0.3 is 5.97 Å². The summed E-state index contributed by atoms with van der Waals surface area (Å²) in [5, 5.41) is 9.19. The second kappa shape index (κ2) is 5.64. The SMILES string of the molecule is COC(C)(OC(C)(C)C)N1CCc2nc(C(=O)O)sc2C1. The Bertz CT molecular complexity index is 538. The number of aromatic carboxylic acids is 1. The molecule has 1 aliphatic heterocycles. The third-order valence-corrected chi connectivity index (χ3v) is 4.43. The summed E-state index contributed by atoms with van der Waals surface area (Å²) in [4.78, 5) is 18.2. The summed E-state index contributed by atoms with van der Waals surface area (Å²) >= 11 is 1.23. The van der Waals surface area contributed by atoms with Crippen molar-refractivity contribution >= 4 is 17.3 Å². The fourth-order valence-corrected chi connectivity index (χ4v) is 3.40. The number of carboxylic acid groups (broad SMARTS) is 1. The van der Waals surface area contributed by atoms with Gasteiger partial charge in [-0.2, -0.15) is 0 Å². The highest BCUT2D eigenvalue weighted by Gasteiger charge is 2.39. The molecule has 0 spiro atoms. The van der Waals surface area contributed by atoms with Crippen LogP contribution in [0.25, 0.3) is 0 Å². The number of thiazole rings is 1. The lowest BCUT2D eigenvalue weighted by Gasteiger charge is -2.44. The molecule has 2 heterocycles. The molecule has 0 bridgehead atoms. The number of hydrogen-bond acceptors (Lipinski definition) is 6. The number of fused-ring (bicyclic) bond motifs is 1. The molecule has 0 saturated heterocycles. The summed E-state index contributed by atoms with van der Waals surface area (Å²) in [7, 11) is 1.62. The van der Waals surface area contributed by atoms with Crippen molar-refractivity contribution in [3.05, 3.63) is 15.6 Å². The Morgan fingerprint density at radius 1 is 1.38 bits per heavy atom. The van der Waals surface area contributed by atoms with E-state index in [1.54, 1.807) is 7.11 Å². The molecule has 0 saturated carbocycles. The number of carbonyl (C=O) groups is 1. The van der Waals surface area contributed by atoms with Crippen molar-refractivity contribution in [1.82, 2.24) is 9.88 Å². The molecule has 0 radical (unpaired) electrons. The molecule has 7 heteroatoms. The highest BCUT2D eigenvalue weighted by molar-refractivity contribution is 7.13. The van der Waals surface area contributed by atoms with Gasteiger partial charge in [0.2, 0.25) is 10.9 Å². The van der Waals surface area contributed by atoms with Gasteiger partial charge in [-0.3, -0.25) is 0 Å². The standard InChI is InChI=1S/C14H22N2O4S/c1-13(2,3)20-14(4,19-5)16-7-6-9-10(8-16)21-11(15-9)12(17)18/h6-8H2,1-5H3,(H,17,18). The van der Waals surface area contributed by atoms with Crippen LogP contribution in [0.5, 0.6) is 0 Å². The zero-order valence-corrected chi connectivity index (χ0v) is 13.9. The Morgan fingerprint density at radius 2 is 2.05 bits per heavy atom. The van der Waals surface area contributed by atoms with E-state index in [2.05, 4.69) is 9.88 Å². The van der Waals surface area contributed by atoms with Crippen LogP contribution in [-0.4, -0.2) is 46.1 Å². The Balaban J connectivity index is 2.20. The molecule has 1 N–H and O–H groups in total. The number of hydrogen-bond donors (Lipinski definition) is 1. The Labute approximate surface area is 128 Å². The molecule has 2 rings (SSSR count). The Kier molecular flexibility index (Phi) is 4.39. The third-order valence-electron chi connectivity index (χ3n) is 3.36. The highest BCUT2D eigenvalue weighted by Crippen LogP contribution is 2.32. The minimum atomic E-state index is -0.971. The van der Waals surface area contributed by atoms with E-state index in [0.29, 0.717) is 13.0 Å². The van der Waals surface area contributed by atoms with Gasteiger partial charge in [-0.1, -0.05) is 0 Å². The van der Waals surface area contributed by atoms with Gasteiger partial charge < -0.3 is 14.6 Å². The van der Waals surface area contributed by atoms with E-state index >= 15 is 0 Å². The van der Waals surface area contributed by atoms with Crippen LogP contribution >= 0.6 is 11.3 Å². The molecule has 0 aromatic carbocycles. The van der Waals surface area contributed by atoms with Gasteiger partial charge in [0.1, 0.15) is 0 Å². The zero-order chi connectivity index (χ0) is 15.8. The monoisotopic (exact) mass is 314 g/mol. The molecular weight excluding hydrogens is 292 g/mol. The van der Waals surface area contributed by atoms with Crippen molar-refractivity contribution in [2.24, 2.45) is 0 Å². The van der Waals surface area contributed by atoms with Crippen molar-refractivity contribution < 1.29 is 19.4 Å². The van der Waals surface area contributed by atoms with E-state index in [1.807, 2.05) is 27.7 Å². The summed E-state index contributed by atoms with van der Waals surface area (Å²) in [6.07, 6.45) is 0.700. The fraction of sp³-hybridized carbons (Fsp3) is 0.714. The van der Waals surface area contributed by atoms with E-state index in [-0.39, 0.29) is 10.6 Å². The minimum absolute atomic E-state index is 0.151. The quantitative estimate of drug-likeness (QED) is 0.860. The van der Waals surface area contributed by atoms with Gasteiger partial charge in [0.25, 0.3) is 0 Å². The first-order valence-electron chi connectivity index (χ1n) is 6.87. The predicted octanol–water partition coefficient (Wildman–Crippen LogP) is 2.33. The van der Waals surface area contributed by atoms with Crippen LogP contribution in [0.15, 0.2) is 0 Å². The Hall–Kier alpha value is -1.02. The summed E-state index contributed by atoms with van der Waals surface area (Å²) < 4.78 is 11.6. The first kappa shape index (κ1) is 16.4. The molecule has 0 amide bonds. The molecule has 0 aliphatic carbocycles. The maximum absolute atomic E-state index is 11.0. The predicted molar refractivity (Wildman–Crippen MR) is 79.4 cm³/mol. The van der Waals surface area contributed by atoms with Crippen LogP contribution in [0, 0.1) is 0 Å². The number of nitrogens with zero attached hydrogens (tertiary/aromatic N) is 2. The molecular formula is C14H22N2O4S. The highest BCUT2D eigenvalue weighted by atomic mass is 32.1. The fourth-order valence-electron chi connectivity index (χ4n) is 2.44. The average Bonchev–Trinajstić information content (AvgIpc) is 2.79. The van der Waals surface area contributed by atoms with E-state index in [4.69, 9.17) is 14.6 Å².